The van der Waals surface area contributed by atoms with Crippen LogP contribution in [0.3, 0.4) is 0 Å². The standard InChI is InChI=1S/C25H34N2O4/c1-26(2)23(29)5-3-10-25-11-4-12-27(16-17-6-7-17)22(21(25)15-24(30)31)13-18-8-9-19(28)14-20(18)25/h8-9,14-15,17,22,28H,3-7,10-13,16H2,1-2H3,(H,30,31)/b21-15+/t22-,25+/m1/s1. The molecule has 168 valence electrons. The molecule has 4 rings (SSSR count). The highest BCUT2D eigenvalue weighted by atomic mass is 16.4. The minimum absolute atomic E-state index is 0.0702. The van der Waals surface area contributed by atoms with Gasteiger partial charge in [0, 0.05) is 44.6 Å². The van der Waals surface area contributed by atoms with E-state index in [1.807, 2.05) is 12.1 Å². The SMILES string of the molecule is CN(C)C(=O)CCC[C@]12CCCN(CC3CC3)[C@H](Cc3ccc(O)cc31)/C2=C\C(=O)O. The van der Waals surface area contributed by atoms with Gasteiger partial charge < -0.3 is 15.1 Å². The molecule has 1 saturated heterocycles. The van der Waals surface area contributed by atoms with Crippen molar-refractivity contribution in [2.45, 2.75) is 62.8 Å². The van der Waals surface area contributed by atoms with E-state index in [2.05, 4.69) is 4.90 Å². The highest BCUT2D eigenvalue weighted by Gasteiger charge is 2.48. The van der Waals surface area contributed by atoms with E-state index in [0.717, 1.165) is 55.8 Å². The molecule has 1 aromatic carbocycles. The Morgan fingerprint density at radius 2 is 2.06 bits per heavy atom. The molecule has 0 radical (unpaired) electrons. The molecule has 1 aliphatic heterocycles. The first-order chi connectivity index (χ1) is 14.8. The van der Waals surface area contributed by atoms with Crippen LogP contribution in [0, 0.1) is 5.92 Å². The monoisotopic (exact) mass is 426 g/mol. The predicted molar refractivity (Wildman–Crippen MR) is 119 cm³/mol. The maximum Gasteiger partial charge on any atom is 0.328 e. The van der Waals surface area contributed by atoms with Gasteiger partial charge in [0.1, 0.15) is 5.75 Å². The number of nitrogens with zero attached hydrogens (tertiary/aromatic N) is 2. The number of likely N-dealkylation sites (tertiary alicyclic amines) is 1. The average Bonchev–Trinajstić information content (AvgIpc) is 3.53. The second-order valence-corrected chi connectivity index (χ2v) is 9.76. The highest BCUT2D eigenvalue weighted by Crippen LogP contribution is 2.52. The van der Waals surface area contributed by atoms with E-state index in [0.29, 0.717) is 12.8 Å². The van der Waals surface area contributed by atoms with Crippen LogP contribution in [0.5, 0.6) is 5.75 Å². The normalized spacial score (nSPS) is 26.9. The number of hydrogen-bond donors (Lipinski definition) is 2. The van der Waals surface area contributed by atoms with Gasteiger partial charge >= 0.3 is 5.97 Å². The summed E-state index contributed by atoms with van der Waals surface area (Å²) in [6.45, 7) is 2.00. The number of rotatable bonds is 7. The Morgan fingerprint density at radius 1 is 1.29 bits per heavy atom. The van der Waals surface area contributed by atoms with Crippen molar-refractivity contribution in [3.63, 3.8) is 0 Å². The molecule has 2 bridgehead atoms. The third kappa shape index (κ3) is 4.49. The number of carboxylic acid groups (broad SMARTS) is 1. The van der Waals surface area contributed by atoms with E-state index in [-0.39, 0.29) is 17.7 Å². The van der Waals surface area contributed by atoms with Crippen LogP contribution in [0.15, 0.2) is 29.8 Å². The highest BCUT2D eigenvalue weighted by molar-refractivity contribution is 5.82. The van der Waals surface area contributed by atoms with Gasteiger partial charge in [-0.1, -0.05) is 6.07 Å². The van der Waals surface area contributed by atoms with E-state index < -0.39 is 11.4 Å². The van der Waals surface area contributed by atoms with Gasteiger partial charge in [-0.2, -0.15) is 0 Å². The van der Waals surface area contributed by atoms with E-state index >= 15 is 0 Å². The van der Waals surface area contributed by atoms with Crippen molar-refractivity contribution in [1.29, 1.82) is 0 Å². The fraction of sp³-hybridized carbons (Fsp3) is 0.600. The number of carbonyl (C=O) groups is 2. The van der Waals surface area contributed by atoms with Crippen LogP contribution in [0.2, 0.25) is 0 Å². The number of aromatic hydroxyl groups is 1. The van der Waals surface area contributed by atoms with Crippen LogP contribution in [-0.4, -0.2) is 65.1 Å². The number of aliphatic carboxylic acids is 1. The molecule has 2 atom stereocenters. The third-order valence-electron chi connectivity index (χ3n) is 7.39. The molecule has 0 aromatic heterocycles. The molecule has 1 heterocycles. The van der Waals surface area contributed by atoms with Crippen molar-refractivity contribution in [2.24, 2.45) is 5.92 Å². The van der Waals surface area contributed by atoms with Gasteiger partial charge in [0.05, 0.1) is 0 Å². The fourth-order valence-corrected chi connectivity index (χ4v) is 5.71. The molecule has 3 aliphatic rings. The van der Waals surface area contributed by atoms with Gasteiger partial charge in [-0.05, 0) is 86.2 Å². The molecule has 6 nitrogen and oxygen atoms in total. The van der Waals surface area contributed by atoms with Gasteiger partial charge in [0.25, 0.3) is 0 Å². The van der Waals surface area contributed by atoms with Crippen molar-refractivity contribution in [3.05, 3.63) is 41.0 Å². The predicted octanol–water partition coefficient (Wildman–Crippen LogP) is 3.33. The lowest BCUT2D eigenvalue weighted by Crippen LogP contribution is -2.47. The number of benzene rings is 1. The molecular weight excluding hydrogens is 392 g/mol. The number of phenols is 1. The van der Waals surface area contributed by atoms with Crippen LogP contribution >= 0.6 is 0 Å². The first-order valence-electron chi connectivity index (χ1n) is 11.5. The second kappa shape index (κ2) is 8.65. The first-order valence-corrected chi connectivity index (χ1v) is 11.5. The summed E-state index contributed by atoms with van der Waals surface area (Å²) in [4.78, 5) is 28.3. The first kappa shape index (κ1) is 21.9. The van der Waals surface area contributed by atoms with Gasteiger partial charge in [-0.25, -0.2) is 4.79 Å². The summed E-state index contributed by atoms with van der Waals surface area (Å²) in [6.07, 6.45) is 8.44. The number of fused-ring (bicyclic) bond motifs is 4. The molecule has 6 heteroatoms. The van der Waals surface area contributed by atoms with Crippen molar-refractivity contribution >= 4 is 11.9 Å². The summed E-state index contributed by atoms with van der Waals surface area (Å²) >= 11 is 0. The lowest BCUT2D eigenvalue weighted by atomic mass is 9.61. The van der Waals surface area contributed by atoms with Gasteiger partial charge in [0.2, 0.25) is 5.91 Å². The Bertz CT molecular complexity index is 890. The molecule has 0 unspecified atom stereocenters. The molecule has 2 N–H and O–H groups in total. The number of carboxylic acids is 1. The molecular formula is C25H34N2O4. The lowest BCUT2D eigenvalue weighted by Gasteiger charge is -2.46. The van der Waals surface area contributed by atoms with Crippen LogP contribution in [0.1, 0.15) is 56.1 Å². The largest absolute Gasteiger partial charge is 0.508 e. The number of amides is 1. The van der Waals surface area contributed by atoms with Crippen LogP contribution in [-0.2, 0) is 21.4 Å². The van der Waals surface area contributed by atoms with Crippen molar-refractivity contribution < 1.29 is 19.8 Å². The Hall–Kier alpha value is -2.34. The molecule has 1 amide bonds. The summed E-state index contributed by atoms with van der Waals surface area (Å²) < 4.78 is 0. The van der Waals surface area contributed by atoms with Crippen LogP contribution in [0.25, 0.3) is 0 Å². The summed E-state index contributed by atoms with van der Waals surface area (Å²) in [7, 11) is 3.53. The zero-order valence-electron chi connectivity index (χ0n) is 18.6. The Morgan fingerprint density at radius 3 is 2.74 bits per heavy atom. The molecule has 1 aromatic rings. The summed E-state index contributed by atoms with van der Waals surface area (Å²) in [6, 6.07) is 5.66. The Balaban J connectivity index is 1.77. The van der Waals surface area contributed by atoms with E-state index in [1.165, 1.54) is 24.5 Å². The van der Waals surface area contributed by atoms with Crippen molar-refractivity contribution in [3.8, 4) is 5.75 Å². The number of phenolic OH excluding ortho intramolecular Hbond substituents is 1. The molecule has 2 aliphatic carbocycles. The zero-order valence-corrected chi connectivity index (χ0v) is 18.6. The molecule has 31 heavy (non-hydrogen) atoms. The Kier molecular flexibility index (Phi) is 6.11. The Labute approximate surface area is 184 Å². The molecule has 1 saturated carbocycles. The van der Waals surface area contributed by atoms with Gasteiger partial charge in [-0.3, -0.25) is 9.69 Å². The molecule has 2 fully saturated rings. The lowest BCUT2D eigenvalue weighted by molar-refractivity contribution is -0.131. The van der Waals surface area contributed by atoms with E-state index in [1.54, 1.807) is 25.1 Å². The zero-order chi connectivity index (χ0) is 22.2. The van der Waals surface area contributed by atoms with E-state index in [9.17, 15) is 19.8 Å². The van der Waals surface area contributed by atoms with Gasteiger partial charge in [-0.15, -0.1) is 0 Å². The smallest absolute Gasteiger partial charge is 0.328 e. The number of hydrogen-bond acceptors (Lipinski definition) is 4. The van der Waals surface area contributed by atoms with Crippen LogP contribution < -0.4 is 0 Å². The fourth-order valence-electron chi connectivity index (χ4n) is 5.71. The summed E-state index contributed by atoms with van der Waals surface area (Å²) in [5, 5.41) is 20.1. The summed E-state index contributed by atoms with van der Waals surface area (Å²) in [5.41, 5.74) is 2.78. The maximum atomic E-state index is 12.2. The van der Waals surface area contributed by atoms with E-state index in [4.69, 9.17) is 0 Å². The average molecular weight is 427 g/mol. The van der Waals surface area contributed by atoms with Gasteiger partial charge in [0.15, 0.2) is 0 Å². The molecule has 0 spiro atoms. The third-order valence-corrected chi connectivity index (χ3v) is 7.39. The quantitative estimate of drug-likeness (QED) is 0.654. The minimum atomic E-state index is -0.911. The summed E-state index contributed by atoms with van der Waals surface area (Å²) in [5.74, 6) is 0.130. The number of carbonyl (C=O) groups excluding carboxylic acids is 1. The van der Waals surface area contributed by atoms with Crippen molar-refractivity contribution in [1.82, 2.24) is 9.80 Å². The second-order valence-electron chi connectivity index (χ2n) is 9.76. The van der Waals surface area contributed by atoms with Crippen LogP contribution in [0.4, 0.5) is 0 Å². The maximum absolute atomic E-state index is 12.2. The van der Waals surface area contributed by atoms with Crippen molar-refractivity contribution in [2.75, 3.05) is 27.2 Å². The topological polar surface area (TPSA) is 81.1 Å². The minimum Gasteiger partial charge on any atom is -0.508 e.